The average molecular weight is 361 g/mol. The summed E-state index contributed by atoms with van der Waals surface area (Å²) >= 11 is 1.55. The second-order valence-corrected chi connectivity index (χ2v) is 6.59. The van der Waals surface area contributed by atoms with Gasteiger partial charge >= 0.3 is 6.03 Å². The van der Waals surface area contributed by atoms with Crippen molar-refractivity contribution in [1.82, 2.24) is 19.7 Å². The molecule has 1 aromatic carbocycles. The Hall–Kier alpha value is -2.22. The van der Waals surface area contributed by atoms with Crippen molar-refractivity contribution in [2.45, 2.75) is 31.0 Å². The Bertz CT molecular complexity index is 748. The zero-order valence-electron chi connectivity index (χ0n) is 14.7. The second kappa shape index (κ2) is 7.77. The summed E-state index contributed by atoms with van der Waals surface area (Å²) in [7, 11) is 1.94. The fraction of sp³-hybridized carbons (Fsp3) is 0.471. The van der Waals surface area contributed by atoms with Gasteiger partial charge in [0.2, 0.25) is 0 Å². The van der Waals surface area contributed by atoms with Gasteiger partial charge in [-0.05, 0) is 38.2 Å². The number of hydrogen-bond acceptors (Lipinski definition) is 5. The Morgan fingerprint density at radius 1 is 1.40 bits per heavy atom. The summed E-state index contributed by atoms with van der Waals surface area (Å²) in [4.78, 5) is 14.7. The Kier molecular flexibility index (Phi) is 5.47. The quantitative estimate of drug-likeness (QED) is 0.827. The highest BCUT2D eigenvalue weighted by Crippen LogP contribution is 2.33. The van der Waals surface area contributed by atoms with Gasteiger partial charge in [-0.3, -0.25) is 0 Å². The van der Waals surface area contributed by atoms with Crippen LogP contribution in [0.4, 0.5) is 10.5 Å². The Labute approximate surface area is 151 Å². The number of amides is 2. The van der Waals surface area contributed by atoms with Crippen molar-refractivity contribution in [2.24, 2.45) is 7.05 Å². The van der Waals surface area contributed by atoms with Crippen LogP contribution in [0.1, 0.15) is 31.6 Å². The van der Waals surface area contributed by atoms with Crippen molar-refractivity contribution in [2.75, 3.05) is 24.7 Å². The van der Waals surface area contributed by atoms with Gasteiger partial charge in [0.15, 0.2) is 11.0 Å². The van der Waals surface area contributed by atoms with E-state index in [1.165, 1.54) is 0 Å². The van der Waals surface area contributed by atoms with Crippen LogP contribution in [-0.4, -0.2) is 45.1 Å². The first kappa shape index (κ1) is 17.6. The molecule has 3 rings (SSSR count). The number of benzene rings is 1. The molecule has 1 aliphatic heterocycles. The number of rotatable bonds is 5. The van der Waals surface area contributed by atoms with E-state index in [0.717, 1.165) is 23.8 Å². The van der Waals surface area contributed by atoms with Gasteiger partial charge in [-0.1, -0.05) is 23.9 Å². The van der Waals surface area contributed by atoms with Crippen molar-refractivity contribution in [3.8, 4) is 5.75 Å². The Morgan fingerprint density at radius 2 is 2.20 bits per heavy atom. The van der Waals surface area contributed by atoms with Gasteiger partial charge in [0.25, 0.3) is 0 Å². The molecule has 0 bridgehead atoms. The van der Waals surface area contributed by atoms with E-state index in [1.54, 1.807) is 11.8 Å². The van der Waals surface area contributed by atoms with Crippen molar-refractivity contribution in [3.05, 3.63) is 30.1 Å². The lowest BCUT2D eigenvalue weighted by Crippen LogP contribution is -2.35. The number of nitrogens with zero attached hydrogens (tertiary/aromatic N) is 4. The van der Waals surface area contributed by atoms with E-state index in [2.05, 4.69) is 15.5 Å². The smallest absolute Gasteiger partial charge is 0.322 e. The van der Waals surface area contributed by atoms with E-state index >= 15 is 0 Å². The summed E-state index contributed by atoms with van der Waals surface area (Å²) in [5, 5.41) is 12.3. The molecule has 7 nitrogen and oxygen atoms in total. The van der Waals surface area contributed by atoms with Gasteiger partial charge < -0.3 is 19.5 Å². The Balaban J connectivity index is 1.78. The zero-order valence-corrected chi connectivity index (χ0v) is 15.5. The first-order chi connectivity index (χ1) is 12.2. The maximum atomic E-state index is 12.8. The van der Waals surface area contributed by atoms with Gasteiger partial charge in [0.1, 0.15) is 5.75 Å². The summed E-state index contributed by atoms with van der Waals surface area (Å²) < 4.78 is 7.55. The summed E-state index contributed by atoms with van der Waals surface area (Å²) in [5.41, 5.74) is 0.683. The molecule has 8 heteroatoms. The summed E-state index contributed by atoms with van der Waals surface area (Å²) in [6, 6.07) is 7.28. The molecular formula is C17H23N5O2S. The third-order valence-electron chi connectivity index (χ3n) is 4.29. The fourth-order valence-electron chi connectivity index (χ4n) is 3.11. The molecule has 1 N–H and O–H groups in total. The number of ether oxygens (including phenoxy) is 1. The molecule has 2 amide bonds. The van der Waals surface area contributed by atoms with Crippen LogP contribution in [0.5, 0.6) is 5.75 Å². The summed E-state index contributed by atoms with van der Waals surface area (Å²) in [5.74, 6) is 1.51. The number of anilines is 1. The minimum Gasteiger partial charge on any atom is -0.492 e. The number of nitrogens with one attached hydrogen (secondary N) is 1. The second-order valence-electron chi connectivity index (χ2n) is 5.81. The van der Waals surface area contributed by atoms with Crippen molar-refractivity contribution < 1.29 is 9.53 Å². The standard InChI is InChI=1S/C17H23N5O2S/c1-4-24-14-10-6-5-8-12(14)18-16(23)22-11-7-9-13(22)15-19-20-17(25-3)21(15)2/h5-6,8,10,13H,4,7,9,11H2,1-3H3,(H,18,23)/t13-/m0/s1. The van der Waals surface area contributed by atoms with Crippen LogP contribution in [0.15, 0.2) is 29.4 Å². The summed E-state index contributed by atoms with van der Waals surface area (Å²) in [6.07, 6.45) is 3.81. The van der Waals surface area contributed by atoms with Gasteiger partial charge in [-0.25, -0.2) is 4.79 Å². The van der Waals surface area contributed by atoms with Gasteiger partial charge in [-0.2, -0.15) is 0 Å². The largest absolute Gasteiger partial charge is 0.492 e. The van der Waals surface area contributed by atoms with E-state index in [9.17, 15) is 4.79 Å². The van der Waals surface area contributed by atoms with Crippen molar-refractivity contribution in [1.29, 1.82) is 0 Å². The molecule has 0 radical (unpaired) electrons. The lowest BCUT2D eigenvalue weighted by molar-refractivity contribution is 0.203. The number of carbonyl (C=O) groups excluding carboxylic acids is 1. The number of hydrogen-bond donors (Lipinski definition) is 1. The van der Waals surface area contributed by atoms with Gasteiger partial charge in [-0.15, -0.1) is 10.2 Å². The lowest BCUT2D eigenvalue weighted by atomic mass is 10.2. The third kappa shape index (κ3) is 3.58. The van der Waals surface area contributed by atoms with Gasteiger partial charge in [0, 0.05) is 13.6 Å². The van der Waals surface area contributed by atoms with E-state index in [1.807, 2.05) is 54.0 Å². The minimum atomic E-state index is -0.136. The first-order valence-corrected chi connectivity index (χ1v) is 9.61. The number of aromatic nitrogens is 3. The van der Waals surface area contributed by atoms with Crippen molar-refractivity contribution >= 4 is 23.5 Å². The minimum absolute atomic E-state index is 0.0577. The zero-order chi connectivity index (χ0) is 17.8. The highest BCUT2D eigenvalue weighted by Gasteiger charge is 2.34. The van der Waals surface area contributed by atoms with Crippen LogP contribution in [0.25, 0.3) is 0 Å². The number of urea groups is 1. The maximum Gasteiger partial charge on any atom is 0.322 e. The number of para-hydroxylation sites is 2. The van der Waals surface area contributed by atoms with Crippen LogP contribution in [0, 0.1) is 0 Å². The molecule has 0 saturated carbocycles. The molecule has 1 aliphatic rings. The summed E-state index contributed by atoms with van der Waals surface area (Å²) in [6.45, 7) is 3.18. The predicted octanol–water partition coefficient (Wildman–Crippen LogP) is 3.30. The number of likely N-dealkylation sites (tertiary alicyclic amines) is 1. The molecule has 0 unspecified atom stereocenters. The highest BCUT2D eigenvalue weighted by atomic mass is 32.2. The molecule has 1 fully saturated rings. The maximum absolute atomic E-state index is 12.8. The monoisotopic (exact) mass is 361 g/mol. The topological polar surface area (TPSA) is 72.3 Å². The molecule has 2 heterocycles. The first-order valence-electron chi connectivity index (χ1n) is 8.38. The number of carbonyl (C=O) groups is 1. The predicted molar refractivity (Wildman–Crippen MR) is 98.1 cm³/mol. The van der Waals surface area contributed by atoms with Crippen LogP contribution in [0.3, 0.4) is 0 Å². The third-order valence-corrected chi connectivity index (χ3v) is 5.01. The molecule has 1 saturated heterocycles. The lowest BCUT2D eigenvalue weighted by Gasteiger charge is -2.24. The molecule has 2 aromatic rings. The van der Waals surface area contributed by atoms with Crippen molar-refractivity contribution in [3.63, 3.8) is 0 Å². The van der Waals surface area contributed by atoms with Crippen LogP contribution < -0.4 is 10.1 Å². The van der Waals surface area contributed by atoms with E-state index in [0.29, 0.717) is 24.6 Å². The number of thioether (sulfide) groups is 1. The van der Waals surface area contributed by atoms with E-state index in [-0.39, 0.29) is 12.1 Å². The molecule has 1 aromatic heterocycles. The molecule has 134 valence electrons. The average Bonchev–Trinajstić information content (AvgIpc) is 3.23. The van der Waals surface area contributed by atoms with E-state index in [4.69, 9.17) is 4.74 Å². The molecule has 0 aliphatic carbocycles. The van der Waals surface area contributed by atoms with E-state index < -0.39 is 0 Å². The molecule has 25 heavy (non-hydrogen) atoms. The van der Waals surface area contributed by atoms with Crippen LogP contribution in [-0.2, 0) is 7.05 Å². The SMILES string of the molecule is CCOc1ccccc1NC(=O)N1CCC[C@H]1c1nnc(SC)n1C. The molecule has 0 spiro atoms. The molecular weight excluding hydrogens is 338 g/mol. The highest BCUT2D eigenvalue weighted by molar-refractivity contribution is 7.98. The van der Waals surface area contributed by atoms with Crippen LogP contribution >= 0.6 is 11.8 Å². The Morgan fingerprint density at radius 3 is 2.92 bits per heavy atom. The van der Waals surface area contributed by atoms with Crippen LogP contribution in [0.2, 0.25) is 0 Å². The normalized spacial score (nSPS) is 16.9. The fourth-order valence-corrected chi connectivity index (χ4v) is 3.60. The van der Waals surface area contributed by atoms with Gasteiger partial charge in [0.05, 0.1) is 18.3 Å². The molecule has 1 atom stereocenters.